The van der Waals surface area contributed by atoms with Crippen LogP contribution in [0.5, 0.6) is 5.88 Å². The number of benzene rings is 1. The van der Waals surface area contributed by atoms with E-state index in [-0.39, 0.29) is 16.8 Å². The predicted molar refractivity (Wildman–Crippen MR) is 98.1 cm³/mol. The number of aromatic hydroxyl groups is 1. The molecule has 1 aromatic heterocycles. The molecule has 1 atom stereocenters. The molecular formula is C18H25N3O3S. The molecule has 0 unspecified atom stereocenters. The van der Waals surface area contributed by atoms with Crippen molar-refractivity contribution < 1.29 is 13.5 Å². The standard InChI is InChI=1S/C18H25N3O3S/c1-2-3-6-14-13-19-10-5-12-21(14)25(23,24)17-8-4-7-16-15(17)9-11-20-18(16)22/h4,7-9,11,14,19H,2-3,5-6,10,12-13H2,1H3,(H,20,22)/t14-/m1/s1. The smallest absolute Gasteiger partial charge is 0.243 e. The van der Waals surface area contributed by atoms with Gasteiger partial charge in [-0.2, -0.15) is 4.31 Å². The van der Waals surface area contributed by atoms with E-state index in [0.29, 0.717) is 23.9 Å². The minimum atomic E-state index is -3.65. The highest BCUT2D eigenvalue weighted by atomic mass is 32.2. The van der Waals surface area contributed by atoms with E-state index < -0.39 is 10.0 Å². The zero-order valence-corrected chi connectivity index (χ0v) is 15.3. The van der Waals surface area contributed by atoms with E-state index in [1.54, 1.807) is 28.6 Å². The van der Waals surface area contributed by atoms with E-state index in [1.165, 1.54) is 6.20 Å². The molecule has 2 N–H and O–H groups in total. The van der Waals surface area contributed by atoms with Gasteiger partial charge < -0.3 is 10.4 Å². The van der Waals surface area contributed by atoms with Crippen molar-refractivity contribution >= 4 is 20.8 Å². The molecule has 2 heterocycles. The van der Waals surface area contributed by atoms with Crippen molar-refractivity contribution in [2.45, 2.75) is 43.5 Å². The van der Waals surface area contributed by atoms with Gasteiger partial charge in [0.25, 0.3) is 0 Å². The van der Waals surface area contributed by atoms with E-state index in [4.69, 9.17) is 0 Å². The van der Waals surface area contributed by atoms with Gasteiger partial charge in [0.1, 0.15) is 0 Å². The summed E-state index contributed by atoms with van der Waals surface area (Å²) in [4.78, 5) is 4.09. The molecule has 2 aromatic rings. The summed E-state index contributed by atoms with van der Waals surface area (Å²) in [5.74, 6) is -0.144. The molecule has 1 fully saturated rings. The number of sulfonamides is 1. The van der Waals surface area contributed by atoms with Crippen LogP contribution >= 0.6 is 0 Å². The molecule has 6 nitrogen and oxygen atoms in total. The van der Waals surface area contributed by atoms with Crippen LogP contribution in [-0.4, -0.2) is 48.5 Å². The molecule has 0 aliphatic carbocycles. The summed E-state index contributed by atoms with van der Waals surface area (Å²) in [6.45, 7) is 4.13. The van der Waals surface area contributed by atoms with Crippen LogP contribution in [0.25, 0.3) is 10.8 Å². The minimum absolute atomic E-state index is 0.0434. The highest BCUT2D eigenvalue weighted by molar-refractivity contribution is 7.89. The molecule has 1 aliphatic rings. The van der Waals surface area contributed by atoms with Gasteiger partial charge in [-0.15, -0.1) is 0 Å². The fourth-order valence-electron chi connectivity index (χ4n) is 3.43. The van der Waals surface area contributed by atoms with Crippen LogP contribution in [0.2, 0.25) is 0 Å². The van der Waals surface area contributed by atoms with E-state index in [9.17, 15) is 13.5 Å². The third-order valence-corrected chi connectivity index (χ3v) is 6.75. The first-order valence-corrected chi connectivity index (χ1v) is 10.3. The van der Waals surface area contributed by atoms with Crippen LogP contribution < -0.4 is 5.32 Å². The average Bonchev–Trinajstić information content (AvgIpc) is 2.86. The topological polar surface area (TPSA) is 82.5 Å². The Hall–Kier alpha value is -1.70. The Morgan fingerprint density at radius 1 is 1.32 bits per heavy atom. The monoisotopic (exact) mass is 363 g/mol. The summed E-state index contributed by atoms with van der Waals surface area (Å²) >= 11 is 0. The summed E-state index contributed by atoms with van der Waals surface area (Å²) in [5.41, 5.74) is 0. The number of fused-ring (bicyclic) bond motifs is 1. The Kier molecular flexibility index (Phi) is 5.56. The number of pyridine rings is 1. The number of aromatic nitrogens is 1. The van der Waals surface area contributed by atoms with E-state index in [1.807, 2.05) is 0 Å². The molecule has 0 bridgehead atoms. The van der Waals surface area contributed by atoms with Crippen molar-refractivity contribution in [2.24, 2.45) is 0 Å². The van der Waals surface area contributed by atoms with Gasteiger partial charge in [0.15, 0.2) is 0 Å². The lowest BCUT2D eigenvalue weighted by Gasteiger charge is -2.29. The molecule has 1 saturated heterocycles. The van der Waals surface area contributed by atoms with E-state index in [0.717, 1.165) is 32.2 Å². The lowest BCUT2D eigenvalue weighted by Crippen LogP contribution is -2.43. The van der Waals surface area contributed by atoms with Gasteiger partial charge in [0, 0.05) is 36.1 Å². The van der Waals surface area contributed by atoms with Crippen LogP contribution in [0, 0.1) is 0 Å². The van der Waals surface area contributed by atoms with Crippen molar-refractivity contribution in [3.05, 3.63) is 30.5 Å². The second kappa shape index (κ2) is 7.68. The fraction of sp³-hybridized carbons (Fsp3) is 0.500. The van der Waals surface area contributed by atoms with Gasteiger partial charge >= 0.3 is 0 Å². The van der Waals surface area contributed by atoms with Crippen molar-refractivity contribution in [2.75, 3.05) is 19.6 Å². The maximum absolute atomic E-state index is 13.4. The molecule has 3 rings (SSSR count). The first kappa shape index (κ1) is 18.1. The Labute approximate surface area is 148 Å². The zero-order valence-electron chi connectivity index (χ0n) is 14.5. The highest BCUT2D eigenvalue weighted by Crippen LogP contribution is 2.31. The molecule has 1 aromatic carbocycles. The number of unbranched alkanes of at least 4 members (excludes halogenated alkanes) is 1. The number of hydrogen-bond acceptors (Lipinski definition) is 5. The third kappa shape index (κ3) is 3.63. The van der Waals surface area contributed by atoms with Gasteiger partial charge in [-0.25, -0.2) is 13.4 Å². The Morgan fingerprint density at radius 2 is 2.16 bits per heavy atom. The fourth-order valence-corrected chi connectivity index (χ4v) is 5.33. The van der Waals surface area contributed by atoms with Gasteiger partial charge in [-0.3, -0.25) is 0 Å². The average molecular weight is 363 g/mol. The number of hydrogen-bond donors (Lipinski definition) is 2. The van der Waals surface area contributed by atoms with Crippen LogP contribution in [0.3, 0.4) is 0 Å². The largest absolute Gasteiger partial charge is 0.493 e. The van der Waals surface area contributed by atoms with E-state index in [2.05, 4.69) is 17.2 Å². The summed E-state index contributed by atoms with van der Waals surface area (Å²) in [6.07, 6.45) is 5.12. The Bertz CT molecular complexity index is 839. The molecule has 7 heteroatoms. The van der Waals surface area contributed by atoms with Crippen molar-refractivity contribution in [1.29, 1.82) is 0 Å². The zero-order chi connectivity index (χ0) is 17.9. The van der Waals surface area contributed by atoms with Gasteiger partial charge in [-0.1, -0.05) is 25.8 Å². The molecule has 0 saturated carbocycles. The summed E-state index contributed by atoms with van der Waals surface area (Å²) < 4.78 is 28.5. The molecule has 0 radical (unpaired) electrons. The van der Waals surface area contributed by atoms with Crippen molar-refractivity contribution in [3.63, 3.8) is 0 Å². The minimum Gasteiger partial charge on any atom is -0.493 e. The maximum Gasteiger partial charge on any atom is 0.243 e. The van der Waals surface area contributed by atoms with Crippen LogP contribution in [0.4, 0.5) is 0 Å². The second-order valence-corrected chi connectivity index (χ2v) is 8.31. The number of nitrogens with zero attached hydrogens (tertiary/aromatic N) is 2. The van der Waals surface area contributed by atoms with Crippen molar-refractivity contribution in [1.82, 2.24) is 14.6 Å². The van der Waals surface area contributed by atoms with Crippen LogP contribution in [0.1, 0.15) is 32.6 Å². The Balaban J connectivity index is 2.06. The lowest BCUT2D eigenvalue weighted by molar-refractivity contribution is 0.313. The molecule has 136 valence electrons. The number of nitrogens with one attached hydrogen (secondary N) is 1. The predicted octanol–water partition coefficient (Wildman–Crippen LogP) is 2.48. The molecule has 0 amide bonds. The molecule has 25 heavy (non-hydrogen) atoms. The Morgan fingerprint density at radius 3 is 2.96 bits per heavy atom. The SMILES string of the molecule is CCCC[C@@H]1CNCCCN1S(=O)(=O)c1cccc2c(O)nccc12. The first-order valence-electron chi connectivity index (χ1n) is 8.85. The quantitative estimate of drug-likeness (QED) is 0.853. The molecule has 0 spiro atoms. The van der Waals surface area contributed by atoms with Crippen LogP contribution in [-0.2, 0) is 10.0 Å². The number of rotatable bonds is 5. The second-order valence-electron chi connectivity index (χ2n) is 6.46. The van der Waals surface area contributed by atoms with Gasteiger partial charge in [0.05, 0.1) is 4.90 Å². The lowest BCUT2D eigenvalue weighted by atomic mass is 10.1. The first-order chi connectivity index (χ1) is 12.1. The normalized spacial score (nSPS) is 19.8. The van der Waals surface area contributed by atoms with Crippen molar-refractivity contribution in [3.8, 4) is 5.88 Å². The van der Waals surface area contributed by atoms with Crippen LogP contribution in [0.15, 0.2) is 35.4 Å². The maximum atomic E-state index is 13.4. The van der Waals surface area contributed by atoms with Gasteiger partial charge in [-0.05, 0) is 37.6 Å². The van der Waals surface area contributed by atoms with E-state index >= 15 is 0 Å². The summed E-state index contributed by atoms with van der Waals surface area (Å²) in [6, 6.07) is 6.58. The third-order valence-electron chi connectivity index (χ3n) is 4.74. The van der Waals surface area contributed by atoms with Gasteiger partial charge in [0.2, 0.25) is 15.9 Å². The summed E-state index contributed by atoms with van der Waals surface area (Å²) in [7, 11) is -3.65. The molecule has 1 aliphatic heterocycles. The molecular weight excluding hydrogens is 338 g/mol. The highest BCUT2D eigenvalue weighted by Gasteiger charge is 2.33. The summed E-state index contributed by atoms with van der Waals surface area (Å²) in [5, 5.41) is 14.3.